The molecule has 2 rings (SSSR count). The molecule has 22 heavy (non-hydrogen) atoms. The molecule has 7 heteroatoms. The number of aliphatic hydroxyl groups excluding tert-OH is 2. The smallest absolute Gasteiger partial charge is 0.315 e. The summed E-state index contributed by atoms with van der Waals surface area (Å²) in [6, 6.07) is 8.43. The molecule has 3 amide bonds. The Labute approximate surface area is 128 Å². The summed E-state index contributed by atoms with van der Waals surface area (Å²) in [5.41, 5.74) is -0.293. The van der Waals surface area contributed by atoms with Crippen molar-refractivity contribution in [2.45, 2.75) is 24.9 Å². The van der Waals surface area contributed by atoms with E-state index in [9.17, 15) is 9.59 Å². The molecule has 1 fully saturated rings. The van der Waals surface area contributed by atoms with Crippen LogP contribution in [0.25, 0.3) is 0 Å². The van der Waals surface area contributed by atoms with Gasteiger partial charge < -0.3 is 25.7 Å². The van der Waals surface area contributed by atoms with Crippen LogP contribution in [0.2, 0.25) is 0 Å². The molecule has 1 aliphatic heterocycles. The van der Waals surface area contributed by atoms with E-state index in [1.54, 1.807) is 4.90 Å². The molecular formula is C15H21N3O4. The molecule has 120 valence electrons. The van der Waals surface area contributed by atoms with Crippen LogP contribution in [-0.4, -0.2) is 53.5 Å². The average Bonchev–Trinajstić information content (AvgIpc) is 2.88. The van der Waals surface area contributed by atoms with Gasteiger partial charge in [-0.3, -0.25) is 4.79 Å². The lowest BCUT2D eigenvalue weighted by molar-refractivity contribution is -0.117. The monoisotopic (exact) mass is 307 g/mol. The van der Waals surface area contributed by atoms with Crippen LogP contribution in [-0.2, 0) is 4.79 Å². The van der Waals surface area contributed by atoms with Crippen LogP contribution in [0, 0.1) is 0 Å². The highest BCUT2D eigenvalue weighted by atomic mass is 16.3. The molecule has 1 heterocycles. The van der Waals surface area contributed by atoms with Gasteiger partial charge in [0, 0.05) is 18.7 Å². The van der Waals surface area contributed by atoms with Crippen LogP contribution in [0.4, 0.5) is 10.5 Å². The minimum absolute atomic E-state index is 0.0522. The van der Waals surface area contributed by atoms with Crippen molar-refractivity contribution < 1.29 is 19.8 Å². The van der Waals surface area contributed by atoms with E-state index in [0.29, 0.717) is 6.54 Å². The molecule has 4 N–H and O–H groups in total. The van der Waals surface area contributed by atoms with E-state index in [0.717, 1.165) is 5.69 Å². The third-order valence-electron chi connectivity index (χ3n) is 3.64. The van der Waals surface area contributed by atoms with Crippen molar-refractivity contribution >= 4 is 17.6 Å². The van der Waals surface area contributed by atoms with Crippen molar-refractivity contribution in [2.24, 2.45) is 0 Å². The summed E-state index contributed by atoms with van der Waals surface area (Å²) in [7, 11) is 0. The van der Waals surface area contributed by atoms with Crippen molar-refractivity contribution in [1.82, 2.24) is 10.6 Å². The highest BCUT2D eigenvalue weighted by Crippen LogP contribution is 2.20. The standard InChI is InChI=1S/C15H21N3O4/c1-15(9-19,10-20)17-14(22)16-11-7-13(21)18(8-11)12-5-3-2-4-6-12/h2-6,11,19-20H,7-10H2,1H3,(H2,16,17,22)/t11-/m1/s1. The van der Waals surface area contributed by atoms with E-state index in [-0.39, 0.29) is 31.6 Å². The number of carbonyl (C=O) groups excluding carboxylic acids is 2. The Bertz CT molecular complexity index is 531. The Morgan fingerprint density at radius 2 is 1.95 bits per heavy atom. The Morgan fingerprint density at radius 3 is 2.55 bits per heavy atom. The molecule has 0 aromatic heterocycles. The predicted molar refractivity (Wildman–Crippen MR) is 81.4 cm³/mol. The predicted octanol–water partition coefficient (Wildman–Crippen LogP) is -0.166. The Morgan fingerprint density at radius 1 is 1.32 bits per heavy atom. The number of nitrogens with one attached hydrogen (secondary N) is 2. The van der Waals surface area contributed by atoms with E-state index in [1.165, 1.54) is 6.92 Å². The number of aliphatic hydroxyl groups is 2. The molecule has 1 aromatic carbocycles. The fraction of sp³-hybridized carbons (Fsp3) is 0.467. The van der Waals surface area contributed by atoms with Gasteiger partial charge in [-0.2, -0.15) is 0 Å². The van der Waals surface area contributed by atoms with Gasteiger partial charge in [-0.15, -0.1) is 0 Å². The molecule has 0 radical (unpaired) electrons. The van der Waals surface area contributed by atoms with Gasteiger partial charge in [-0.25, -0.2) is 4.79 Å². The zero-order valence-electron chi connectivity index (χ0n) is 12.5. The summed E-state index contributed by atoms with van der Waals surface area (Å²) in [5, 5.41) is 23.5. The summed E-state index contributed by atoms with van der Waals surface area (Å²) in [5.74, 6) is -0.0522. The number of hydrogen-bond acceptors (Lipinski definition) is 4. The number of carbonyl (C=O) groups is 2. The zero-order chi connectivity index (χ0) is 16.2. The number of amides is 3. The van der Waals surface area contributed by atoms with Gasteiger partial charge in [0.15, 0.2) is 0 Å². The normalized spacial score (nSPS) is 18.4. The van der Waals surface area contributed by atoms with Gasteiger partial charge in [-0.1, -0.05) is 18.2 Å². The Balaban J connectivity index is 1.93. The van der Waals surface area contributed by atoms with Crippen molar-refractivity contribution in [1.29, 1.82) is 0 Å². The van der Waals surface area contributed by atoms with Crippen molar-refractivity contribution in [2.75, 3.05) is 24.7 Å². The quantitative estimate of drug-likeness (QED) is 0.607. The molecule has 0 saturated carbocycles. The van der Waals surface area contributed by atoms with Crippen LogP contribution in [0.5, 0.6) is 0 Å². The first-order valence-corrected chi connectivity index (χ1v) is 7.13. The summed E-state index contributed by atoms with van der Waals surface area (Å²) in [4.78, 5) is 25.6. The van der Waals surface area contributed by atoms with Gasteiger partial charge >= 0.3 is 6.03 Å². The highest BCUT2D eigenvalue weighted by Gasteiger charge is 2.33. The molecule has 1 aromatic rings. The summed E-state index contributed by atoms with van der Waals surface area (Å²) in [6.45, 7) is 1.17. The van der Waals surface area contributed by atoms with Crippen LogP contribution in [0.15, 0.2) is 30.3 Å². The maximum Gasteiger partial charge on any atom is 0.315 e. The van der Waals surface area contributed by atoms with E-state index < -0.39 is 11.6 Å². The van der Waals surface area contributed by atoms with E-state index in [2.05, 4.69) is 10.6 Å². The van der Waals surface area contributed by atoms with Crippen molar-refractivity contribution in [3.63, 3.8) is 0 Å². The van der Waals surface area contributed by atoms with Gasteiger partial charge in [-0.05, 0) is 19.1 Å². The third-order valence-corrected chi connectivity index (χ3v) is 3.64. The minimum Gasteiger partial charge on any atom is -0.394 e. The number of para-hydroxylation sites is 1. The summed E-state index contributed by atoms with van der Waals surface area (Å²) < 4.78 is 0. The van der Waals surface area contributed by atoms with Crippen LogP contribution >= 0.6 is 0 Å². The lowest BCUT2D eigenvalue weighted by Crippen LogP contribution is -2.56. The first-order chi connectivity index (χ1) is 10.5. The average molecular weight is 307 g/mol. The second-order valence-electron chi connectivity index (χ2n) is 5.72. The third kappa shape index (κ3) is 3.75. The van der Waals surface area contributed by atoms with Crippen molar-refractivity contribution in [3.05, 3.63) is 30.3 Å². The van der Waals surface area contributed by atoms with Gasteiger partial charge in [0.1, 0.15) is 0 Å². The molecule has 0 aliphatic carbocycles. The van der Waals surface area contributed by atoms with Crippen molar-refractivity contribution in [3.8, 4) is 0 Å². The van der Waals surface area contributed by atoms with Gasteiger partial charge in [0.25, 0.3) is 0 Å². The number of rotatable bonds is 5. The van der Waals surface area contributed by atoms with Gasteiger partial charge in [0.2, 0.25) is 5.91 Å². The molecule has 7 nitrogen and oxygen atoms in total. The second kappa shape index (κ2) is 6.76. The van der Waals surface area contributed by atoms with Crippen LogP contribution < -0.4 is 15.5 Å². The zero-order valence-corrected chi connectivity index (χ0v) is 12.5. The fourth-order valence-electron chi connectivity index (χ4n) is 2.29. The largest absolute Gasteiger partial charge is 0.394 e. The van der Waals surface area contributed by atoms with Gasteiger partial charge in [0.05, 0.1) is 24.8 Å². The lowest BCUT2D eigenvalue weighted by atomic mass is 10.1. The van der Waals surface area contributed by atoms with Crippen LogP contribution in [0.3, 0.4) is 0 Å². The molecule has 1 aliphatic rings. The molecule has 1 saturated heterocycles. The summed E-state index contributed by atoms with van der Waals surface area (Å²) in [6.07, 6.45) is 0.220. The number of nitrogens with zero attached hydrogens (tertiary/aromatic N) is 1. The first-order valence-electron chi connectivity index (χ1n) is 7.13. The highest BCUT2D eigenvalue weighted by molar-refractivity contribution is 5.96. The maximum atomic E-state index is 12.0. The Hall–Kier alpha value is -2.12. The number of hydrogen-bond donors (Lipinski definition) is 4. The van der Waals surface area contributed by atoms with E-state index >= 15 is 0 Å². The number of urea groups is 1. The Kier molecular flexibility index (Phi) is 4.99. The lowest BCUT2D eigenvalue weighted by Gasteiger charge is -2.27. The maximum absolute atomic E-state index is 12.0. The fourth-order valence-corrected chi connectivity index (χ4v) is 2.29. The minimum atomic E-state index is -1.09. The second-order valence-corrected chi connectivity index (χ2v) is 5.72. The first kappa shape index (κ1) is 16.3. The summed E-state index contributed by atoms with van der Waals surface area (Å²) >= 11 is 0. The molecule has 0 unspecified atom stereocenters. The molecule has 0 bridgehead atoms. The van der Waals surface area contributed by atoms with E-state index in [1.807, 2.05) is 30.3 Å². The SMILES string of the molecule is CC(CO)(CO)NC(=O)N[C@@H]1CC(=O)N(c2ccccc2)C1. The molecular weight excluding hydrogens is 286 g/mol. The van der Waals surface area contributed by atoms with E-state index in [4.69, 9.17) is 10.2 Å². The number of benzene rings is 1. The topological polar surface area (TPSA) is 102 Å². The molecule has 1 atom stereocenters. The molecule has 0 spiro atoms. The van der Waals surface area contributed by atoms with Crippen LogP contribution in [0.1, 0.15) is 13.3 Å². The number of anilines is 1.